The van der Waals surface area contributed by atoms with Crippen LogP contribution >= 0.6 is 0 Å². The van der Waals surface area contributed by atoms with E-state index in [9.17, 15) is 0 Å². The Morgan fingerprint density at radius 2 is 1.89 bits per heavy atom. The fourth-order valence-electron chi connectivity index (χ4n) is 5.77. The van der Waals surface area contributed by atoms with Crippen LogP contribution < -0.4 is 16.0 Å². The number of piperidine rings is 1. The number of rotatable bonds is 6. The van der Waals surface area contributed by atoms with Gasteiger partial charge in [0, 0.05) is 24.0 Å². The summed E-state index contributed by atoms with van der Waals surface area (Å²) in [5, 5.41) is 12.5. The van der Waals surface area contributed by atoms with E-state index in [0.717, 1.165) is 35.5 Å². The van der Waals surface area contributed by atoms with Gasteiger partial charge in [0.2, 0.25) is 0 Å². The van der Waals surface area contributed by atoms with E-state index in [0.29, 0.717) is 12.1 Å². The molecule has 1 aliphatic carbocycles. The molecular weight excluding hydrogens is 332 g/mol. The molecule has 0 radical (unpaired) electrons. The second kappa shape index (κ2) is 7.86. The molecule has 4 nitrogen and oxygen atoms in total. The van der Waals surface area contributed by atoms with Gasteiger partial charge in [-0.1, -0.05) is 24.3 Å². The van der Waals surface area contributed by atoms with Crippen molar-refractivity contribution >= 4 is 10.9 Å². The topological polar surface area (TPSA) is 49.0 Å². The molecule has 2 aliphatic heterocycles. The van der Waals surface area contributed by atoms with Gasteiger partial charge >= 0.3 is 0 Å². The molecule has 3 fully saturated rings. The summed E-state index contributed by atoms with van der Waals surface area (Å²) >= 11 is 0. The van der Waals surface area contributed by atoms with Crippen LogP contribution in [0, 0.1) is 17.8 Å². The van der Waals surface area contributed by atoms with Gasteiger partial charge in [0.25, 0.3) is 0 Å². The highest BCUT2D eigenvalue weighted by molar-refractivity contribution is 5.78. The molecule has 3 heterocycles. The molecule has 3 aliphatic rings. The van der Waals surface area contributed by atoms with Crippen molar-refractivity contribution in [1.29, 1.82) is 0 Å². The Hall–Kier alpha value is -1.49. The van der Waals surface area contributed by atoms with Crippen LogP contribution in [0.4, 0.5) is 0 Å². The van der Waals surface area contributed by atoms with Gasteiger partial charge in [-0.3, -0.25) is 4.98 Å². The lowest BCUT2D eigenvalue weighted by Gasteiger charge is -2.36. The van der Waals surface area contributed by atoms with Crippen molar-refractivity contribution in [2.24, 2.45) is 17.8 Å². The summed E-state index contributed by atoms with van der Waals surface area (Å²) in [7, 11) is 0. The van der Waals surface area contributed by atoms with Crippen LogP contribution in [0.25, 0.3) is 10.9 Å². The second-order valence-corrected chi connectivity index (χ2v) is 8.84. The Morgan fingerprint density at radius 3 is 2.70 bits per heavy atom. The van der Waals surface area contributed by atoms with Crippen LogP contribution in [-0.4, -0.2) is 36.7 Å². The third-order valence-corrected chi connectivity index (χ3v) is 7.24. The fourth-order valence-corrected chi connectivity index (χ4v) is 5.77. The number of para-hydroxylation sites is 1. The minimum absolute atomic E-state index is 0.562. The maximum atomic E-state index is 4.87. The number of hydrogen-bond acceptors (Lipinski definition) is 4. The van der Waals surface area contributed by atoms with Gasteiger partial charge in [-0.05, 0) is 81.6 Å². The molecule has 1 aromatic heterocycles. The molecule has 5 rings (SSSR count). The zero-order valence-electron chi connectivity index (χ0n) is 16.2. The smallest absolute Gasteiger partial charge is 0.0705 e. The SMILES string of the molecule is c1ccc2nc(CN[C@@H](CC3C4CCC3CNC4)C3CCCN3)ccc2c1. The average Bonchev–Trinajstić information content (AvgIpc) is 3.30. The van der Waals surface area contributed by atoms with E-state index in [2.05, 4.69) is 52.3 Å². The molecule has 2 saturated heterocycles. The number of benzene rings is 1. The summed E-state index contributed by atoms with van der Waals surface area (Å²) in [4.78, 5) is 4.87. The van der Waals surface area contributed by atoms with Crippen molar-refractivity contribution < 1.29 is 0 Å². The normalized spacial score (nSPS) is 31.4. The number of nitrogens with one attached hydrogen (secondary N) is 3. The van der Waals surface area contributed by atoms with E-state index < -0.39 is 0 Å². The van der Waals surface area contributed by atoms with Gasteiger partial charge in [0.05, 0.1) is 11.2 Å². The summed E-state index contributed by atoms with van der Waals surface area (Å²) in [6.45, 7) is 4.51. The van der Waals surface area contributed by atoms with Gasteiger partial charge in [-0.2, -0.15) is 0 Å². The van der Waals surface area contributed by atoms with Crippen LogP contribution in [0.3, 0.4) is 0 Å². The predicted octanol–water partition coefficient (Wildman–Crippen LogP) is 3.08. The lowest BCUT2D eigenvalue weighted by molar-refractivity contribution is 0.195. The monoisotopic (exact) mass is 364 g/mol. The Balaban J connectivity index is 1.28. The fraction of sp³-hybridized carbons (Fsp3) is 0.609. The maximum Gasteiger partial charge on any atom is 0.0705 e. The largest absolute Gasteiger partial charge is 0.316 e. The Morgan fingerprint density at radius 1 is 1.04 bits per heavy atom. The molecular formula is C23H32N4. The quantitative estimate of drug-likeness (QED) is 0.737. The number of pyridine rings is 1. The summed E-state index contributed by atoms with van der Waals surface area (Å²) < 4.78 is 0. The molecule has 3 unspecified atom stereocenters. The average molecular weight is 365 g/mol. The van der Waals surface area contributed by atoms with Crippen molar-refractivity contribution in [1.82, 2.24) is 20.9 Å². The van der Waals surface area contributed by atoms with E-state index >= 15 is 0 Å². The summed E-state index contributed by atoms with van der Waals surface area (Å²) in [5.41, 5.74) is 2.26. The number of fused-ring (bicyclic) bond motifs is 3. The first-order chi connectivity index (χ1) is 13.4. The highest BCUT2D eigenvalue weighted by Gasteiger charge is 2.41. The van der Waals surface area contributed by atoms with Gasteiger partial charge in [-0.15, -0.1) is 0 Å². The number of nitrogens with zero attached hydrogens (tertiary/aromatic N) is 1. The third-order valence-electron chi connectivity index (χ3n) is 7.24. The molecule has 4 heteroatoms. The second-order valence-electron chi connectivity index (χ2n) is 8.84. The lowest BCUT2D eigenvalue weighted by atomic mass is 9.80. The van der Waals surface area contributed by atoms with Crippen molar-refractivity contribution in [3.05, 3.63) is 42.1 Å². The van der Waals surface area contributed by atoms with E-state index in [1.54, 1.807) is 0 Å². The molecule has 27 heavy (non-hydrogen) atoms. The molecule has 1 saturated carbocycles. The third kappa shape index (κ3) is 3.75. The van der Waals surface area contributed by atoms with Gasteiger partial charge in [-0.25, -0.2) is 0 Å². The van der Waals surface area contributed by atoms with Crippen LogP contribution in [-0.2, 0) is 6.54 Å². The zero-order chi connectivity index (χ0) is 18.1. The highest BCUT2D eigenvalue weighted by Crippen LogP contribution is 2.42. The van der Waals surface area contributed by atoms with E-state index in [4.69, 9.17) is 4.98 Å². The number of aromatic nitrogens is 1. The molecule has 1 aromatic carbocycles. The van der Waals surface area contributed by atoms with Gasteiger partial charge < -0.3 is 16.0 Å². The minimum atomic E-state index is 0.562. The standard InChI is InChI=1S/C23H32N4/c1-2-5-21-16(4-1)9-10-19(27-21)15-26-23(22-6-3-11-25-22)12-20-17-7-8-18(20)14-24-13-17/h1-2,4-5,9-10,17-18,20,22-26H,3,6-8,11-15H2/t17?,18?,20?,22?,23-/m0/s1. The minimum Gasteiger partial charge on any atom is -0.316 e. The Bertz CT molecular complexity index is 754. The van der Waals surface area contributed by atoms with E-state index in [1.165, 1.54) is 57.1 Å². The first-order valence-electron chi connectivity index (χ1n) is 10.9. The van der Waals surface area contributed by atoms with Crippen LogP contribution in [0.2, 0.25) is 0 Å². The predicted molar refractivity (Wildman–Crippen MR) is 111 cm³/mol. The van der Waals surface area contributed by atoms with Crippen molar-refractivity contribution in [2.45, 2.75) is 50.7 Å². The Labute approximate surface area is 162 Å². The molecule has 2 aromatic rings. The number of hydrogen-bond donors (Lipinski definition) is 3. The first kappa shape index (κ1) is 17.6. The highest BCUT2D eigenvalue weighted by atomic mass is 15.0. The first-order valence-corrected chi connectivity index (χ1v) is 10.9. The zero-order valence-corrected chi connectivity index (χ0v) is 16.2. The molecule has 0 spiro atoms. The van der Waals surface area contributed by atoms with E-state index in [-0.39, 0.29) is 0 Å². The van der Waals surface area contributed by atoms with Crippen molar-refractivity contribution in [2.75, 3.05) is 19.6 Å². The van der Waals surface area contributed by atoms with E-state index in [1.807, 2.05) is 0 Å². The van der Waals surface area contributed by atoms with Crippen LogP contribution in [0.5, 0.6) is 0 Å². The molecule has 4 atom stereocenters. The van der Waals surface area contributed by atoms with Gasteiger partial charge in [0.15, 0.2) is 0 Å². The lowest BCUT2D eigenvalue weighted by Crippen LogP contribution is -2.48. The summed E-state index contributed by atoms with van der Waals surface area (Å²) in [6, 6.07) is 14.0. The molecule has 2 bridgehead atoms. The van der Waals surface area contributed by atoms with Crippen LogP contribution in [0.1, 0.15) is 37.8 Å². The molecule has 144 valence electrons. The summed E-state index contributed by atoms with van der Waals surface area (Å²) in [5.74, 6) is 2.69. The van der Waals surface area contributed by atoms with Gasteiger partial charge in [0.1, 0.15) is 0 Å². The van der Waals surface area contributed by atoms with Crippen LogP contribution in [0.15, 0.2) is 36.4 Å². The molecule has 3 N–H and O–H groups in total. The van der Waals surface area contributed by atoms with Crippen molar-refractivity contribution in [3.8, 4) is 0 Å². The van der Waals surface area contributed by atoms with Crippen molar-refractivity contribution in [3.63, 3.8) is 0 Å². The molecule has 0 amide bonds. The summed E-state index contributed by atoms with van der Waals surface area (Å²) in [6.07, 6.45) is 6.81. The maximum absolute atomic E-state index is 4.87. The Kier molecular flexibility index (Phi) is 5.12.